The molecule has 0 saturated carbocycles. The smallest absolute Gasteiger partial charge is 0.432 e. The Morgan fingerprint density at radius 2 is 1.32 bits per heavy atom. The van der Waals surface area contributed by atoms with Crippen LogP contribution in [0.4, 0.5) is 4.79 Å². The van der Waals surface area contributed by atoms with Gasteiger partial charge in [0.15, 0.2) is 0 Å². The lowest BCUT2D eigenvalue weighted by Crippen LogP contribution is -2.32. The van der Waals surface area contributed by atoms with Gasteiger partial charge in [-0.1, -0.05) is 31.0 Å². The number of nitrogens with zero attached hydrogens (tertiary/aromatic N) is 1. The Morgan fingerprint density at radius 1 is 0.838 bits per heavy atom. The van der Waals surface area contributed by atoms with Crippen LogP contribution in [0.2, 0.25) is 0 Å². The molecule has 194 valence electrons. The van der Waals surface area contributed by atoms with Gasteiger partial charge in [-0.15, -0.1) is 0 Å². The van der Waals surface area contributed by atoms with Crippen LogP contribution in [0.1, 0.15) is 77.3 Å². The molecule has 37 heavy (non-hydrogen) atoms. The summed E-state index contributed by atoms with van der Waals surface area (Å²) in [5, 5.41) is 6.13. The number of hydrogen-bond donors (Lipinski definition) is 2. The standard InChI is InChI=1S/C27H29N3O7/c1-3-11-28-25(33)16-5-7-18-19-8-6-17(26(34)29-12-4-2)14-21(19)22(20(18)13-16)15-36-27(35)37-30-23(31)9-10-24(30)32/h5-8,13-14,22H,3-4,9-12,15H2,1-2H3,(H,28,33)(H,29,34). The fourth-order valence-electron chi connectivity index (χ4n) is 4.41. The first-order valence-corrected chi connectivity index (χ1v) is 12.4. The second kappa shape index (κ2) is 11.2. The highest BCUT2D eigenvalue weighted by atomic mass is 16.8. The molecule has 0 atom stereocenters. The molecule has 1 aliphatic heterocycles. The van der Waals surface area contributed by atoms with Gasteiger partial charge in [-0.05, 0) is 59.4 Å². The van der Waals surface area contributed by atoms with Crippen molar-refractivity contribution in [1.82, 2.24) is 15.7 Å². The third kappa shape index (κ3) is 5.47. The first-order valence-electron chi connectivity index (χ1n) is 12.4. The molecule has 2 N–H and O–H groups in total. The van der Waals surface area contributed by atoms with Crippen LogP contribution in [-0.4, -0.2) is 54.5 Å². The van der Waals surface area contributed by atoms with Crippen LogP contribution in [0.25, 0.3) is 11.1 Å². The molecule has 1 fully saturated rings. The maximum absolute atomic E-state index is 12.6. The highest BCUT2D eigenvalue weighted by molar-refractivity contribution is 6.01. The van der Waals surface area contributed by atoms with E-state index in [1.165, 1.54) is 0 Å². The molecule has 4 amide bonds. The summed E-state index contributed by atoms with van der Waals surface area (Å²) in [4.78, 5) is 65.9. The average molecular weight is 508 g/mol. The van der Waals surface area contributed by atoms with Gasteiger partial charge in [0.25, 0.3) is 23.6 Å². The van der Waals surface area contributed by atoms with Crippen LogP contribution in [0.5, 0.6) is 0 Å². The molecule has 1 heterocycles. The van der Waals surface area contributed by atoms with Crippen molar-refractivity contribution in [3.8, 4) is 11.1 Å². The van der Waals surface area contributed by atoms with Crippen molar-refractivity contribution < 1.29 is 33.5 Å². The normalized spacial score (nSPS) is 14.3. The van der Waals surface area contributed by atoms with Gasteiger partial charge in [-0.25, -0.2) is 4.79 Å². The molecule has 2 aromatic rings. The molecule has 0 bridgehead atoms. The van der Waals surface area contributed by atoms with E-state index >= 15 is 0 Å². The number of amides is 4. The molecule has 0 aromatic heterocycles. The van der Waals surface area contributed by atoms with E-state index in [4.69, 9.17) is 9.57 Å². The largest absolute Gasteiger partial charge is 0.533 e. The summed E-state index contributed by atoms with van der Waals surface area (Å²) in [6, 6.07) is 10.7. The molecule has 1 saturated heterocycles. The predicted octanol–water partition coefficient (Wildman–Crippen LogP) is 3.30. The summed E-state index contributed by atoms with van der Waals surface area (Å²) >= 11 is 0. The lowest BCUT2D eigenvalue weighted by molar-refractivity contribution is -0.177. The van der Waals surface area contributed by atoms with Gasteiger partial charge in [-0.3, -0.25) is 24.0 Å². The molecule has 0 radical (unpaired) electrons. The van der Waals surface area contributed by atoms with Gasteiger partial charge >= 0.3 is 6.16 Å². The SMILES string of the molecule is CCCNC(=O)c1ccc2c(c1)C(COC(=O)ON1C(=O)CCC1=O)c1cc(C(=O)NCCC)ccc1-2. The summed E-state index contributed by atoms with van der Waals surface area (Å²) in [5.41, 5.74) is 4.14. The predicted molar refractivity (Wildman–Crippen MR) is 132 cm³/mol. The Balaban J connectivity index is 1.61. The third-order valence-corrected chi connectivity index (χ3v) is 6.28. The van der Waals surface area contributed by atoms with Crippen molar-refractivity contribution in [1.29, 1.82) is 0 Å². The lowest BCUT2D eigenvalue weighted by Gasteiger charge is -2.17. The van der Waals surface area contributed by atoms with Crippen LogP contribution in [-0.2, 0) is 19.2 Å². The first-order chi connectivity index (χ1) is 17.8. The fourth-order valence-corrected chi connectivity index (χ4v) is 4.41. The van der Waals surface area contributed by atoms with Crippen molar-refractivity contribution in [2.45, 2.75) is 45.4 Å². The Morgan fingerprint density at radius 3 is 1.78 bits per heavy atom. The van der Waals surface area contributed by atoms with E-state index in [2.05, 4.69) is 10.6 Å². The Labute approximate surface area is 214 Å². The highest BCUT2D eigenvalue weighted by Crippen LogP contribution is 2.45. The number of carbonyl (C=O) groups excluding carboxylic acids is 5. The number of hydrogen-bond acceptors (Lipinski definition) is 7. The van der Waals surface area contributed by atoms with Crippen molar-refractivity contribution in [2.75, 3.05) is 19.7 Å². The van der Waals surface area contributed by atoms with Crippen LogP contribution in [0, 0.1) is 0 Å². The lowest BCUT2D eigenvalue weighted by atomic mass is 9.95. The second-order valence-corrected chi connectivity index (χ2v) is 8.90. The second-order valence-electron chi connectivity index (χ2n) is 8.90. The van der Waals surface area contributed by atoms with Crippen LogP contribution >= 0.6 is 0 Å². The van der Waals surface area contributed by atoms with Crippen LogP contribution in [0.3, 0.4) is 0 Å². The summed E-state index contributed by atoms with van der Waals surface area (Å²) in [6.07, 6.45) is 0.354. The summed E-state index contributed by atoms with van der Waals surface area (Å²) in [5.74, 6) is -2.15. The Bertz CT molecular complexity index is 1170. The number of fused-ring (bicyclic) bond motifs is 3. The summed E-state index contributed by atoms with van der Waals surface area (Å²) < 4.78 is 5.32. The monoisotopic (exact) mass is 507 g/mol. The van der Waals surface area contributed by atoms with Gasteiger partial charge in [0.05, 0.1) is 0 Å². The minimum Gasteiger partial charge on any atom is -0.432 e. The molecule has 0 spiro atoms. The van der Waals surface area contributed by atoms with Gasteiger partial charge < -0.3 is 15.4 Å². The number of nitrogens with one attached hydrogen (secondary N) is 2. The zero-order valence-corrected chi connectivity index (χ0v) is 20.8. The molecule has 0 unspecified atom stereocenters. The minimum atomic E-state index is -1.19. The number of hydroxylamine groups is 2. The van der Waals surface area contributed by atoms with E-state index in [0.29, 0.717) is 29.3 Å². The maximum atomic E-state index is 12.6. The van der Waals surface area contributed by atoms with Crippen LogP contribution < -0.4 is 10.6 Å². The molecule has 10 nitrogen and oxygen atoms in total. The van der Waals surface area contributed by atoms with Crippen molar-refractivity contribution in [3.63, 3.8) is 0 Å². The first kappa shape index (κ1) is 25.9. The summed E-state index contributed by atoms with van der Waals surface area (Å²) in [6.45, 7) is 4.82. The summed E-state index contributed by atoms with van der Waals surface area (Å²) in [7, 11) is 0. The van der Waals surface area contributed by atoms with Gasteiger partial charge in [0.1, 0.15) is 6.61 Å². The molecule has 4 rings (SSSR count). The zero-order chi connectivity index (χ0) is 26.5. The van der Waals surface area contributed by atoms with Crippen molar-refractivity contribution in [2.24, 2.45) is 0 Å². The average Bonchev–Trinajstić information content (AvgIpc) is 3.39. The van der Waals surface area contributed by atoms with Crippen molar-refractivity contribution >= 4 is 29.8 Å². The third-order valence-electron chi connectivity index (χ3n) is 6.28. The topological polar surface area (TPSA) is 131 Å². The van der Waals surface area contributed by atoms with E-state index in [1.807, 2.05) is 26.0 Å². The van der Waals surface area contributed by atoms with Crippen LogP contribution in [0.15, 0.2) is 36.4 Å². The number of ether oxygens (including phenoxy) is 1. The van der Waals surface area contributed by atoms with E-state index in [9.17, 15) is 24.0 Å². The quantitative estimate of drug-likeness (QED) is 0.393. The highest BCUT2D eigenvalue weighted by Gasteiger charge is 2.35. The molecule has 2 aromatic carbocycles. The molecule has 10 heteroatoms. The van der Waals surface area contributed by atoms with E-state index in [-0.39, 0.29) is 31.3 Å². The Hall–Kier alpha value is -4.21. The maximum Gasteiger partial charge on any atom is 0.533 e. The molecule has 1 aliphatic carbocycles. The van der Waals surface area contributed by atoms with Gasteiger partial charge in [-0.2, -0.15) is 0 Å². The number of benzene rings is 2. The van der Waals surface area contributed by atoms with Gasteiger partial charge in [0.2, 0.25) is 0 Å². The number of imide groups is 1. The van der Waals surface area contributed by atoms with E-state index in [1.54, 1.807) is 24.3 Å². The van der Waals surface area contributed by atoms with E-state index in [0.717, 1.165) is 35.1 Å². The zero-order valence-electron chi connectivity index (χ0n) is 20.8. The minimum absolute atomic E-state index is 0.0266. The molecule has 2 aliphatic rings. The molecular formula is C27H29N3O7. The fraction of sp³-hybridized carbons (Fsp3) is 0.370. The Kier molecular flexibility index (Phi) is 7.86. The molecular weight excluding hydrogens is 478 g/mol. The van der Waals surface area contributed by atoms with Crippen molar-refractivity contribution in [3.05, 3.63) is 58.7 Å². The van der Waals surface area contributed by atoms with E-state index < -0.39 is 23.9 Å². The number of rotatable bonds is 9. The van der Waals surface area contributed by atoms with Gasteiger partial charge in [0, 0.05) is 43.0 Å². The number of carbonyl (C=O) groups is 5.